The van der Waals surface area contributed by atoms with Crippen molar-refractivity contribution in [1.82, 2.24) is 0 Å². The van der Waals surface area contributed by atoms with Crippen LogP contribution >= 0.6 is 47.1 Å². The summed E-state index contributed by atoms with van der Waals surface area (Å²) in [4.78, 5) is 0. The van der Waals surface area contributed by atoms with Crippen molar-refractivity contribution in [1.29, 1.82) is 0 Å². The molecule has 0 spiro atoms. The van der Waals surface area contributed by atoms with Crippen LogP contribution in [0.25, 0.3) is 0 Å². The summed E-state index contributed by atoms with van der Waals surface area (Å²) in [6.45, 7) is 0. The zero-order valence-corrected chi connectivity index (χ0v) is 5.80. The maximum Gasteiger partial charge on any atom is 0 e. The van der Waals surface area contributed by atoms with Crippen LogP contribution in [0.15, 0.2) is 0 Å². The van der Waals surface area contributed by atoms with Crippen LogP contribution in [0.3, 0.4) is 0 Å². The van der Waals surface area contributed by atoms with E-state index in [0.717, 1.165) is 0 Å². The highest BCUT2D eigenvalue weighted by molar-refractivity contribution is 6.92. The third-order valence-electron chi connectivity index (χ3n) is 0. The summed E-state index contributed by atoms with van der Waals surface area (Å²) >= 11 is 0. The lowest BCUT2D eigenvalue weighted by molar-refractivity contribution is 5.85. The Morgan fingerprint density at radius 1 is 0.750 bits per heavy atom. The van der Waals surface area contributed by atoms with Gasteiger partial charge in [0.2, 0.25) is 0 Å². The maximum atomic E-state index is 0. The lowest BCUT2D eigenvalue weighted by Crippen LogP contribution is 0.689. The Kier molecular flexibility index (Phi) is 402. The number of hydrogen-bond donors (Lipinski definition) is 0. The molecule has 0 amide bonds. The van der Waals surface area contributed by atoms with Crippen molar-refractivity contribution in [3.8, 4) is 0 Å². The Bertz CT molecular complexity index is 6.85. The van der Waals surface area contributed by atoms with Crippen LogP contribution in [0.4, 0.5) is 0 Å². The first kappa shape index (κ1) is 58.0. The predicted molar refractivity (Wildman–Crippen MR) is 34.0 cm³/mol. The smallest absolute Gasteiger partial charge is 0 e. The molecule has 0 N–H and O–H groups in total. The van der Waals surface area contributed by atoms with Gasteiger partial charge in [-0.1, -0.05) is 0 Å². The quantitative estimate of drug-likeness (QED) is 0.451. The van der Waals surface area contributed by atoms with Gasteiger partial charge in [-0.15, -0.1) is 37.2 Å². The van der Waals surface area contributed by atoms with Gasteiger partial charge in [-0.2, -0.15) is 9.90 Å². The van der Waals surface area contributed by atoms with Gasteiger partial charge in [-0.05, 0) is 0 Å². The van der Waals surface area contributed by atoms with Gasteiger partial charge in [0.1, 0.15) is 0 Å². The summed E-state index contributed by atoms with van der Waals surface area (Å²) < 4.78 is 0. The summed E-state index contributed by atoms with van der Waals surface area (Å²) in [5.41, 5.74) is 0. The molecule has 0 aromatic heterocycles. The summed E-state index contributed by atoms with van der Waals surface area (Å²) in [6, 6.07) is 0. The normalized spacial score (nSPS) is 0. The van der Waals surface area contributed by atoms with Crippen LogP contribution in [0, 0.1) is 0 Å². The fraction of sp³-hybridized carbons (Fsp3) is 0. The van der Waals surface area contributed by atoms with Crippen LogP contribution in [0.1, 0.15) is 1.43 Å². The van der Waals surface area contributed by atoms with E-state index < -0.39 is 0 Å². The lowest BCUT2D eigenvalue weighted by atomic mass is 31.0. The van der Waals surface area contributed by atoms with Gasteiger partial charge in [0.15, 0.2) is 0 Å². The van der Waals surface area contributed by atoms with E-state index in [0.29, 0.717) is 0 Å². The van der Waals surface area contributed by atoms with Gasteiger partial charge in [0.05, 0.1) is 0 Å². The largest absolute Gasteiger partial charge is 0.153 e. The Hall–Kier alpha value is 1.30. The van der Waals surface area contributed by atoms with Crippen LogP contribution in [0.2, 0.25) is 0 Å². The Morgan fingerprint density at radius 2 is 0.750 bits per heavy atom. The lowest BCUT2D eigenvalue weighted by Gasteiger charge is -0.154. The minimum atomic E-state index is 0. The fourth-order valence-electron chi connectivity index (χ4n) is 0. The SMILES string of the molecule is Cl.Cl.Cl.P.[H]. The second kappa shape index (κ2) is 27.7. The zero-order chi connectivity index (χ0) is 0. The van der Waals surface area contributed by atoms with Crippen LogP contribution in [-0.4, -0.2) is 0 Å². The van der Waals surface area contributed by atoms with Gasteiger partial charge in [0.25, 0.3) is 0 Å². The molecule has 0 saturated heterocycles. The third kappa shape index (κ3) is 10.3. The van der Waals surface area contributed by atoms with Crippen molar-refractivity contribution >= 4 is 47.1 Å². The summed E-state index contributed by atoms with van der Waals surface area (Å²) in [5.74, 6) is 0. The van der Waals surface area contributed by atoms with E-state index in [1.165, 1.54) is 0 Å². The molecular weight excluding hydrogens is 137 g/mol. The fourth-order valence-corrected chi connectivity index (χ4v) is 0. The van der Waals surface area contributed by atoms with Crippen LogP contribution < -0.4 is 0 Å². The van der Waals surface area contributed by atoms with Crippen molar-refractivity contribution in [2.24, 2.45) is 0 Å². The highest BCUT2D eigenvalue weighted by Gasteiger charge is -0.144. The van der Waals surface area contributed by atoms with E-state index >= 15 is 0 Å². The average Bonchev–Trinajstić information content (AvgIpc) is 0. The first-order chi connectivity index (χ1) is 0. The van der Waals surface area contributed by atoms with E-state index in [2.05, 4.69) is 0 Å². The molecule has 0 aliphatic heterocycles. The zero-order valence-electron chi connectivity index (χ0n) is 2.93. The molecule has 1 radical (unpaired) electrons. The van der Waals surface area contributed by atoms with Gasteiger partial charge in [-0.25, -0.2) is 0 Å². The molecule has 4 heteroatoms. The number of hydrogen-bond acceptors (Lipinski definition) is 0. The topological polar surface area (TPSA) is 0 Å². The molecular formula is H7Cl3P. The van der Waals surface area contributed by atoms with Crippen LogP contribution in [-0.2, 0) is 0 Å². The van der Waals surface area contributed by atoms with Gasteiger partial charge in [0, 0.05) is 1.43 Å². The molecule has 0 aliphatic carbocycles. The first-order valence-electron chi connectivity index (χ1n) is 0. The minimum Gasteiger partial charge on any atom is -0.153 e. The number of halogens is 3. The Morgan fingerprint density at radius 3 is 0.750 bits per heavy atom. The van der Waals surface area contributed by atoms with E-state index in [1.54, 1.807) is 0 Å². The molecule has 0 aliphatic rings. The van der Waals surface area contributed by atoms with Gasteiger partial charge < -0.3 is 0 Å². The van der Waals surface area contributed by atoms with Crippen molar-refractivity contribution < 1.29 is 1.43 Å². The van der Waals surface area contributed by atoms with Crippen LogP contribution in [0.5, 0.6) is 0 Å². The Labute approximate surface area is 49.1 Å². The summed E-state index contributed by atoms with van der Waals surface area (Å²) in [6.07, 6.45) is 0. The predicted octanol–water partition coefficient (Wildman–Crippen LogP) is 1.44. The van der Waals surface area contributed by atoms with E-state index in [4.69, 9.17) is 0 Å². The van der Waals surface area contributed by atoms with Crippen molar-refractivity contribution in [3.05, 3.63) is 0 Å². The monoisotopic (exact) mass is 143 g/mol. The van der Waals surface area contributed by atoms with E-state index in [-0.39, 0.29) is 48.5 Å². The van der Waals surface area contributed by atoms with Gasteiger partial charge >= 0.3 is 0 Å². The Balaban J connectivity index is 0. The first-order valence-corrected chi connectivity index (χ1v) is 0. The molecule has 0 heterocycles. The molecule has 0 fully saturated rings. The third-order valence-corrected chi connectivity index (χ3v) is 0. The second-order valence-electron chi connectivity index (χ2n) is 0. The standard InChI is InChI=1S/3ClH.H3P.H/h3*1H;1H3;. The maximum absolute atomic E-state index is 0. The molecule has 0 saturated carbocycles. The van der Waals surface area contributed by atoms with Crippen molar-refractivity contribution in [2.45, 2.75) is 0 Å². The van der Waals surface area contributed by atoms with Crippen molar-refractivity contribution in [3.63, 3.8) is 0 Å². The molecule has 33 valence electrons. The molecule has 0 bridgehead atoms. The summed E-state index contributed by atoms with van der Waals surface area (Å²) in [5, 5.41) is 0. The molecule has 0 aromatic rings. The average molecular weight is 144 g/mol. The highest BCUT2D eigenvalue weighted by Crippen LogP contribution is 0.861. The van der Waals surface area contributed by atoms with Gasteiger partial charge in [-0.3, -0.25) is 0 Å². The minimum absolute atomic E-state index is 0. The molecule has 0 rings (SSSR count). The highest BCUT2D eigenvalue weighted by atomic mass is 35.5. The molecule has 1 atom stereocenters. The second-order valence-corrected chi connectivity index (χ2v) is 0. The van der Waals surface area contributed by atoms with Crippen molar-refractivity contribution in [2.75, 3.05) is 0 Å². The molecule has 4 heavy (non-hydrogen) atoms. The molecule has 0 nitrogen and oxygen atoms in total. The number of rotatable bonds is 0. The molecule has 0 aromatic carbocycles. The molecule has 1 unspecified atom stereocenters. The van der Waals surface area contributed by atoms with E-state index in [1.807, 2.05) is 0 Å². The summed E-state index contributed by atoms with van der Waals surface area (Å²) in [7, 11) is 0. The van der Waals surface area contributed by atoms with E-state index in [9.17, 15) is 0 Å².